The number of hydrogen-bond acceptors (Lipinski definition) is 5. The zero-order chi connectivity index (χ0) is 32.3. The van der Waals surface area contributed by atoms with Gasteiger partial charge >= 0.3 is 0 Å². The van der Waals surface area contributed by atoms with Gasteiger partial charge in [0, 0.05) is 44.5 Å². The van der Waals surface area contributed by atoms with Gasteiger partial charge in [0.1, 0.15) is 11.4 Å². The van der Waals surface area contributed by atoms with Gasteiger partial charge in [0.2, 0.25) is 11.8 Å². The summed E-state index contributed by atoms with van der Waals surface area (Å²) >= 11 is 0. The average molecular weight is 621 g/mol. The highest BCUT2D eigenvalue weighted by Crippen LogP contribution is 2.41. The molecule has 0 saturated carbocycles. The first-order valence-corrected chi connectivity index (χ1v) is 15.7. The van der Waals surface area contributed by atoms with E-state index in [0.29, 0.717) is 56.9 Å². The number of carbonyl (C=O) groups is 1. The molecule has 8 aromatic rings. The van der Waals surface area contributed by atoms with Crippen LogP contribution in [0.5, 0.6) is 0 Å². The van der Waals surface area contributed by atoms with Crippen LogP contribution in [0.3, 0.4) is 0 Å². The lowest BCUT2D eigenvalue weighted by Gasteiger charge is -2.11. The first-order valence-electron chi connectivity index (χ1n) is 15.7. The maximum absolute atomic E-state index is 14.8. The third-order valence-corrected chi connectivity index (χ3v) is 8.22. The molecule has 2 aromatic heterocycles. The fraction of sp³-hybridized carbons (Fsp3) is 0. The third-order valence-electron chi connectivity index (χ3n) is 8.22. The van der Waals surface area contributed by atoms with E-state index in [1.54, 1.807) is 0 Å². The zero-order valence-corrected chi connectivity index (χ0v) is 25.8. The van der Waals surface area contributed by atoms with Gasteiger partial charge in [-0.15, -0.1) is 0 Å². The lowest BCUT2D eigenvalue weighted by molar-refractivity contribution is 0.104. The van der Waals surface area contributed by atoms with Crippen LogP contribution in [0.2, 0.25) is 0 Å². The molecule has 5 heteroatoms. The van der Waals surface area contributed by atoms with Crippen LogP contribution in [-0.2, 0) is 0 Å². The summed E-state index contributed by atoms with van der Waals surface area (Å²) in [5.74, 6) is 2.00. The summed E-state index contributed by atoms with van der Waals surface area (Å²) in [6.45, 7) is 0. The van der Waals surface area contributed by atoms with Crippen molar-refractivity contribution >= 4 is 5.78 Å². The van der Waals surface area contributed by atoms with Gasteiger partial charge in [0.05, 0.1) is 0 Å². The molecular formula is C43H28N2O3. The van der Waals surface area contributed by atoms with Crippen molar-refractivity contribution < 1.29 is 13.6 Å². The fourth-order valence-electron chi connectivity index (χ4n) is 5.90. The van der Waals surface area contributed by atoms with E-state index < -0.39 is 0 Å². The van der Waals surface area contributed by atoms with Gasteiger partial charge < -0.3 is 8.83 Å². The van der Waals surface area contributed by atoms with Crippen molar-refractivity contribution in [1.29, 1.82) is 0 Å². The molecule has 0 spiro atoms. The molecular weight excluding hydrogens is 592 g/mol. The number of nitrogens with zero attached hydrogens (tertiary/aromatic N) is 2. The summed E-state index contributed by atoms with van der Waals surface area (Å²) in [6, 6.07) is 54.4. The molecule has 228 valence electrons. The topological polar surface area (TPSA) is 69.1 Å². The Balaban J connectivity index is 1.28. The van der Waals surface area contributed by atoms with Crippen LogP contribution >= 0.6 is 0 Å². The molecule has 48 heavy (non-hydrogen) atoms. The number of benzene rings is 6. The van der Waals surface area contributed by atoms with E-state index >= 15 is 0 Å². The average Bonchev–Trinajstić information content (AvgIpc) is 3.82. The molecule has 0 fully saturated rings. The van der Waals surface area contributed by atoms with E-state index in [4.69, 9.17) is 18.8 Å². The highest BCUT2D eigenvalue weighted by Gasteiger charge is 2.26. The third kappa shape index (κ3) is 5.44. The minimum Gasteiger partial charge on any atom is -0.435 e. The maximum Gasteiger partial charge on any atom is 0.227 e. The SMILES string of the molecule is O=C(c1ccccc1-c1nc(-c2ccccc2)oc1-c1ccccc1)c1ccccc1-c1nc(-c2ccccc2)oc1-c1ccccc1. The number of carbonyl (C=O) groups excluding carboxylic acids is 1. The molecule has 0 saturated heterocycles. The van der Waals surface area contributed by atoms with Crippen molar-refractivity contribution in [3.05, 3.63) is 181 Å². The highest BCUT2D eigenvalue weighted by atomic mass is 16.4. The summed E-state index contributed by atoms with van der Waals surface area (Å²) in [5, 5.41) is 0. The molecule has 8 rings (SSSR count). The Hall–Kier alpha value is -6.59. The second-order valence-corrected chi connectivity index (χ2v) is 11.3. The first kappa shape index (κ1) is 28.9. The predicted octanol–water partition coefficient (Wildman–Crippen LogP) is 10.9. The van der Waals surface area contributed by atoms with Crippen LogP contribution in [0.25, 0.3) is 68.1 Å². The molecule has 0 bridgehead atoms. The van der Waals surface area contributed by atoms with E-state index in [-0.39, 0.29) is 5.78 Å². The Morgan fingerprint density at radius 2 is 0.688 bits per heavy atom. The van der Waals surface area contributed by atoms with Crippen LogP contribution in [-0.4, -0.2) is 15.8 Å². The van der Waals surface area contributed by atoms with E-state index in [2.05, 4.69) is 0 Å². The van der Waals surface area contributed by atoms with Crippen molar-refractivity contribution in [2.75, 3.05) is 0 Å². The van der Waals surface area contributed by atoms with E-state index in [0.717, 1.165) is 22.3 Å². The monoisotopic (exact) mass is 620 g/mol. The van der Waals surface area contributed by atoms with E-state index in [1.165, 1.54) is 0 Å². The zero-order valence-electron chi connectivity index (χ0n) is 25.8. The molecule has 0 radical (unpaired) electrons. The van der Waals surface area contributed by atoms with Crippen molar-refractivity contribution in [3.8, 4) is 68.1 Å². The fourth-order valence-corrected chi connectivity index (χ4v) is 5.90. The van der Waals surface area contributed by atoms with Gasteiger partial charge in [-0.1, -0.05) is 146 Å². The summed E-state index contributed by atoms with van der Waals surface area (Å²) in [7, 11) is 0. The summed E-state index contributed by atoms with van der Waals surface area (Å²) in [5.41, 5.74) is 6.99. The number of rotatable bonds is 8. The van der Waals surface area contributed by atoms with Crippen molar-refractivity contribution in [2.24, 2.45) is 0 Å². The molecule has 0 N–H and O–H groups in total. The minimum absolute atomic E-state index is 0.159. The van der Waals surface area contributed by atoms with Gasteiger partial charge in [-0.25, -0.2) is 9.97 Å². The summed E-state index contributed by atoms with van der Waals surface area (Å²) < 4.78 is 12.9. The maximum atomic E-state index is 14.8. The summed E-state index contributed by atoms with van der Waals surface area (Å²) in [4.78, 5) is 24.7. The molecule has 0 amide bonds. The van der Waals surface area contributed by atoms with Gasteiger partial charge in [0.25, 0.3) is 0 Å². The Morgan fingerprint density at radius 1 is 0.375 bits per heavy atom. The number of hydrogen-bond donors (Lipinski definition) is 0. The lowest BCUT2D eigenvalue weighted by atomic mass is 9.91. The Kier molecular flexibility index (Phi) is 7.61. The molecule has 0 unspecified atom stereocenters. The number of oxazole rings is 2. The standard InChI is InChI=1S/C43H28N2O3/c46-39(35-27-15-13-25-33(35)37-40(29-17-5-1-6-18-29)47-42(44-37)31-21-9-3-10-22-31)36-28-16-14-26-34(36)38-41(30-19-7-2-8-20-30)48-43(45-38)32-23-11-4-12-24-32/h1-28H. The molecule has 0 aliphatic carbocycles. The van der Waals surface area contributed by atoms with Gasteiger partial charge in [-0.3, -0.25) is 4.79 Å². The second-order valence-electron chi connectivity index (χ2n) is 11.3. The Labute approximate surface area is 277 Å². The minimum atomic E-state index is -0.159. The summed E-state index contributed by atoms with van der Waals surface area (Å²) in [6.07, 6.45) is 0. The second kappa shape index (κ2) is 12.7. The first-order chi connectivity index (χ1) is 23.7. The van der Waals surface area contributed by atoms with Crippen LogP contribution in [0, 0.1) is 0 Å². The van der Waals surface area contributed by atoms with Gasteiger partial charge in [0.15, 0.2) is 17.3 Å². The molecule has 0 atom stereocenters. The van der Waals surface area contributed by atoms with E-state index in [9.17, 15) is 4.79 Å². The van der Waals surface area contributed by atoms with Crippen LogP contribution in [0.4, 0.5) is 0 Å². The van der Waals surface area contributed by atoms with E-state index in [1.807, 2.05) is 170 Å². The molecule has 6 aromatic carbocycles. The molecule has 2 heterocycles. The van der Waals surface area contributed by atoms with Gasteiger partial charge in [-0.05, 0) is 24.3 Å². The predicted molar refractivity (Wildman–Crippen MR) is 189 cm³/mol. The van der Waals surface area contributed by atoms with Crippen LogP contribution in [0.1, 0.15) is 15.9 Å². The Bertz CT molecular complexity index is 2180. The molecule has 0 aliphatic heterocycles. The smallest absolute Gasteiger partial charge is 0.227 e. The van der Waals surface area contributed by atoms with Crippen molar-refractivity contribution in [1.82, 2.24) is 9.97 Å². The quantitative estimate of drug-likeness (QED) is 0.158. The number of ketones is 1. The highest BCUT2D eigenvalue weighted by molar-refractivity contribution is 6.16. The normalized spacial score (nSPS) is 11.0. The lowest BCUT2D eigenvalue weighted by Crippen LogP contribution is -2.06. The number of aromatic nitrogens is 2. The molecule has 0 aliphatic rings. The van der Waals surface area contributed by atoms with Crippen molar-refractivity contribution in [3.63, 3.8) is 0 Å². The molecule has 5 nitrogen and oxygen atoms in total. The van der Waals surface area contributed by atoms with Crippen LogP contribution in [0.15, 0.2) is 179 Å². The van der Waals surface area contributed by atoms with Crippen molar-refractivity contribution in [2.45, 2.75) is 0 Å². The Morgan fingerprint density at radius 3 is 1.06 bits per heavy atom. The van der Waals surface area contributed by atoms with Crippen LogP contribution < -0.4 is 0 Å². The van der Waals surface area contributed by atoms with Gasteiger partial charge in [-0.2, -0.15) is 0 Å². The largest absolute Gasteiger partial charge is 0.435 e.